The van der Waals surface area contributed by atoms with E-state index in [0.717, 1.165) is 30.3 Å². The average Bonchev–Trinajstić information content (AvgIpc) is 2.97. The molecular formula is C15H6ClF6N3O. The molecule has 0 unspecified atom stereocenters. The summed E-state index contributed by atoms with van der Waals surface area (Å²) in [7, 11) is 0. The van der Waals surface area contributed by atoms with Crippen LogP contribution in [0.4, 0.5) is 26.3 Å². The Bertz CT molecular complexity index is 997. The number of benzene rings is 1. The van der Waals surface area contributed by atoms with Crippen LogP contribution in [0.15, 0.2) is 36.4 Å². The highest BCUT2D eigenvalue weighted by molar-refractivity contribution is 6.67. The molecule has 0 fully saturated rings. The fourth-order valence-corrected chi connectivity index (χ4v) is 2.30. The molecule has 1 aromatic carbocycles. The Morgan fingerprint density at radius 3 is 2.19 bits per heavy atom. The minimum Gasteiger partial charge on any atom is -0.274 e. The number of halogens is 7. The molecule has 0 saturated heterocycles. The van der Waals surface area contributed by atoms with Crippen molar-refractivity contribution in [3.8, 4) is 11.3 Å². The third kappa shape index (κ3) is 3.00. The van der Waals surface area contributed by atoms with E-state index in [4.69, 9.17) is 11.6 Å². The van der Waals surface area contributed by atoms with Gasteiger partial charge >= 0.3 is 12.1 Å². The number of nitrogens with zero attached hydrogens (tertiary/aromatic N) is 3. The molecule has 0 N–H and O–H groups in total. The van der Waals surface area contributed by atoms with Gasteiger partial charge in [-0.05, 0) is 41.9 Å². The van der Waals surface area contributed by atoms with E-state index in [0.29, 0.717) is 6.07 Å². The Kier molecular flexibility index (Phi) is 4.18. The summed E-state index contributed by atoms with van der Waals surface area (Å²) in [5.74, 6) is -5.92. The molecule has 0 saturated carbocycles. The van der Waals surface area contributed by atoms with Crippen LogP contribution in [-0.4, -0.2) is 26.0 Å². The van der Waals surface area contributed by atoms with Crippen LogP contribution in [0.3, 0.4) is 0 Å². The van der Waals surface area contributed by atoms with Crippen molar-refractivity contribution >= 4 is 22.5 Å². The summed E-state index contributed by atoms with van der Waals surface area (Å²) in [6, 6.07) is 5.66. The van der Waals surface area contributed by atoms with Crippen molar-refractivity contribution in [1.82, 2.24) is 14.6 Å². The first-order valence-corrected chi connectivity index (χ1v) is 7.20. The normalized spacial score (nSPS) is 12.6. The molecule has 3 aromatic rings. The Labute approximate surface area is 146 Å². The number of hydrogen-bond donors (Lipinski definition) is 0. The molecule has 2 aromatic heterocycles. The van der Waals surface area contributed by atoms with E-state index in [9.17, 15) is 31.1 Å². The number of aromatic nitrogens is 3. The summed E-state index contributed by atoms with van der Waals surface area (Å²) >= 11 is 5.21. The van der Waals surface area contributed by atoms with Crippen molar-refractivity contribution in [2.24, 2.45) is 0 Å². The minimum atomic E-state index is -5.92. The van der Waals surface area contributed by atoms with E-state index in [1.54, 1.807) is 0 Å². The number of carbonyl (C=O) groups is 1. The van der Waals surface area contributed by atoms with Crippen molar-refractivity contribution in [2.75, 3.05) is 0 Å². The highest BCUT2D eigenvalue weighted by atomic mass is 35.5. The fraction of sp³-hybridized carbons (Fsp3) is 0.133. The first-order chi connectivity index (χ1) is 12.0. The van der Waals surface area contributed by atoms with Crippen molar-refractivity contribution < 1.29 is 31.1 Å². The van der Waals surface area contributed by atoms with Gasteiger partial charge in [-0.3, -0.25) is 4.79 Å². The lowest BCUT2D eigenvalue weighted by atomic mass is 10.1. The molecule has 11 heteroatoms. The van der Waals surface area contributed by atoms with E-state index in [1.165, 1.54) is 0 Å². The largest absolute Gasteiger partial charge is 0.459 e. The van der Waals surface area contributed by atoms with Crippen LogP contribution in [0.5, 0.6) is 0 Å². The van der Waals surface area contributed by atoms with Crippen LogP contribution in [0, 0.1) is 5.82 Å². The molecule has 4 nitrogen and oxygen atoms in total. The van der Waals surface area contributed by atoms with Crippen molar-refractivity contribution in [3.63, 3.8) is 0 Å². The van der Waals surface area contributed by atoms with Gasteiger partial charge in [-0.25, -0.2) is 13.9 Å². The SMILES string of the molecule is O=C(Cl)c1cc2nc(-c3ccc(F)cc3)cc(C(F)(F)C(F)(F)F)n2n1. The lowest BCUT2D eigenvalue weighted by Gasteiger charge is -2.21. The highest BCUT2D eigenvalue weighted by Gasteiger charge is 2.60. The third-order valence-corrected chi connectivity index (χ3v) is 3.64. The molecule has 0 aliphatic heterocycles. The highest BCUT2D eigenvalue weighted by Crippen LogP contribution is 2.44. The van der Waals surface area contributed by atoms with E-state index in [2.05, 4.69) is 10.1 Å². The van der Waals surface area contributed by atoms with Gasteiger partial charge in [-0.15, -0.1) is 0 Å². The number of rotatable bonds is 3. The van der Waals surface area contributed by atoms with Crippen molar-refractivity contribution in [1.29, 1.82) is 0 Å². The van der Waals surface area contributed by atoms with Crippen molar-refractivity contribution in [2.45, 2.75) is 12.1 Å². The van der Waals surface area contributed by atoms with Gasteiger partial charge in [-0.1, -0.05) is 0 Å². The summed E-state index contributed by atoms with van der Waals surface area (Å²) in [5, 5.41) is 2.22. The van der Waals surface area contributed by atoms with Crippen LogP contribution in [0.1, 0.15) is 16.2 Å². The fourth-order valence-electron chi connectivity index (χ4n) is 2.21. The first-order valence-electron chi connectivity index (χ1n) is 6.82. The maximum Gasteiger partial charge on any atom is 0.459 e. The second-order valence-electron chi connectivity index (χ2n) is 5.18. The van der Waals surface area contributed by atoms with E-state index in [1.807, 2.05) is 0 Å². The van der Waals surface area contributed by atoms with Gasteiger partial charge in [0, 0.05) is 11.6 Å². The molecule has 0 aliphatic carbocycles. The van der Waals surface area contributed by atoms with Gasteiger partial charge in [0.25, 0.3) is 5.24 Å². The summed E-state index contributed by atoms with van der Waals surface area (Å²) < 4.78 is 79.7. The molecule has 0 amide bonds. The molecule has 0 radical (unpaired) electrons. The minimum absolute atomic E-state index is 0.0908. The Hall–Kier alpha value is -2.62. The van der Waals surface area contributed by atoms with Crippen LogP contribution < -0.4 is 0 Å². The number of fused-ring (bicyclic) bond motifs is 1. The van der Waals surface area contributed by atoms with Crippen LogP contribution >= 0.6 is 11.6 Å². The van der Waals surface area contributed by atoms with E-state index >= 15 is 0 Å². The Morgan fingerprint density at radius 1 is 1.04 bits per heavy atom. The molecule has 0 spiro atoms. The third-order valence-electron chi connectivity index (χ3n) is 3.45. The average molecular weight is 394 g/mol. The lowest BCUT2D eigenvalue weighted by molar-refractivity contribution is -0.291. The maximum absolute atomic E-state index is 14.0. The Morgan fingerprint density at radius 2 is 1.65 bits per heavy atom. The topological polar surface area (TPSA) is 47.3 Å². The zero-order valence-corrected chi connectivity index (χ0v) is 13.1. The maximum atomic E-state index is 14.0. The van der Waals surface area contributed by atoms with Gasteiger partial charge in [0.05, 0.1) is 5.69 Å². The molecule has 0 atom stereocenters. The van der Waals surface area contributed by atoms with E-state index in [-0.39, 0.29) is 15.8 Å². The first kappa shape index (κ1) is 18.2. The molecular weight excluding hydrogens is 388 g/mol. The van der Waals surface area contributed by atoms with Gasteiger partial charge < -0.3 is 0 Å². The molecule has 2 heterocycles. The lowest BCUT2D eigenvalue weighted by Crippen LogP contribution is -2.35. The van der Waals surface area contributed by atoms with Gasteiger partial charge in [0.1, 0.15) is 17.2 Å². The zero-order chi connectivity index (χ0) is 19.3. The number of carbonyl (C=O) groups excluding carboxylic acids is 1. The van der Waals surface area contributed by atoms with E-state index < -0.39 is 40.2 Å². The zero-order valence-electron chi connectivity index (χ0n) is 12.4. The van der Waals surface area contributed by atoms with Crippen LogP contribution in [0.25, 0.3) is 16.9 Å². The smallest absolute Gasteiger partial charge is 0.274 e. The van der Waals surface area contributed by atoms with Gasteiger partial charge in [0.2, 0.25) is 0 Å². The standard InChI is InChI=1S/C15H6ClF6N3O/c16-13(26)10-6-12-23-9(7-1-3-8(17)4-2-7)5-11(25(12)24-10)14(18,19)15(20,21)22/h1-6H. The number of hydrogen-bond acceptors (Lipinski definition) is 3. The summed E-state index contributed by atoms with van der Waals surface area (Å²) in [4.78, 5) is 15.1. The summed E-state index contributed by atoms with van der Waals surface area (Å²) in [6.07, 6.45) is -5.92. The van der Waals surface area contributed by atoms with Crippen molar-refractivity contribution in [3.05, 3.63) is 53.6 Å². The second-order valence-corrected chi connectivity index (χ2v) is 5.52. The predicted octanol–water partition coefficient (Wildman–Crippen LogP) is 4.57. The Balaban J connectivity index is 2.32. The summed E-state index contributed by atoms with van der Waals surface area (Å²) in [6.45, 7) is 0. The van der Waals surface area contributed by atoms with Gasteiger partial charge in [0.15, 0.2) is 5.65 Å². The second kappa shape index (κ2) is 5.97. The monoisotopic (exact) mass is 393 g/mol. The summed E-state index contributed by atoms with van der Waals surface area (Å²) in [5.41, 5.74) is -2.75. The quantitative estimate of drug-likeness (QED) is 0.484. The predicted molar refractivity (Wildman–Crippen MR) is 78.5 cm³/mol. The molecule has 0 bridgehead atoms. The van der Waals surface area contributed by atoms with Crippen LogP contribution in [0.2, 0.25) is 0 Å². The number of alkyl halides is 5. The van der Waals surface area contributed by atoms with Crippen LogP contribution in [-0.2, 0) is 5.92 Å². The molecule has 136 valence electrons. The van der Waals surface area contributed by atoms with Gasteiger partial charge in [-0.2, -0.15) is 27.1 Å². The molecule has 0 aliphatic rings. The molecule has 3 rings (SSSR count). The molecule has 26 heavy (non-hydrogen) atoms.